The first kappa shape index (κ1) is 28.3. The second-order valence-electron chi connectivity index (χ2n) is 8.62. The Morgan fingerprint density at radius 2 is 1.71 bits per heavy atom. The van der Waals surface area contributed by atoms with Gasteiger partial charge >= 0.3 is 5.89 Å². The Morgan fingerprint density at radius 1 is 1.06 bits per heavy atom. The number of rotatable bonds is 9. The lowest BCUT2D eigenvalue weighted by Gasteiger charge is -2.05. The van der Waals surface area contributed by atoms with Gasteiger partial charge in [-0.1, -0.05) is 31.0 Å². The monoisotopic (exact) mass is 499 g/mol. The number of aryl methyl sites for hydroxylation is 4. The zero-order chi connectivity index (χ0) is 26.0. The number of ether oxygens (including phenoxy) is 1. The van der Waals surface area contributed by atoms with Crippen LogP contribution in [-0.2, 0) is 21.4 Å². The van der Waals surface area contributed by atoms with E-state index in [0.717, 1.165) is 35.6 Å². The van der Waals surface area contributed by atoms with Gasteiger partial charge in [-0.05, 0) is 82.0 Å². The molecule has 6 nitrogen and oxygen atoms in total. The van der Waals surface area contributed by atoms with Gasteiger partial charge in [-0.3, -0.25) is 0 Å². The van der Waals surface area contributed by atoms with E-state index < -0.39 is 10.1 Å². The third kappa shape index (κ3) is 8.67. The molecule has 0 saturated heterocycles. The molecular formula is C28H37NO5S. The Hall–Kier alpha value is -2.90. The largest absolute Gasteiger partial charge is 0.744 e. The van der Waals surface area contributed by atoms with Crippen molar-refractivity contribution in [3.05, 3.63) is 76.9 Å². The van der Waals surface area contributed by atoms with Crippen LogP contribution in [0.5, 0.6) is 0 Å². The molecular weight excluding hydrogens is 462 g/mol. The third-order valence-electron chi connectivity index (χ3n) is 5.57. The fraction of sp³-hybridized carbons (Fsp3) is 0.393. The molecule has 0 amide bonds. The van der Waals surface area contributed by atoms with Crippen molar-refractivity contribution in [1.29, 1.82) is 0 Å². The van der Waals surface area contributed by atoms with Crippen molar-refractivity contribution in [3.63, 3.8) is 0 Å². The first-order chi connectivity index (χ1) is 16.6. The molecule has 0 fully saturated rings. The van der Waals surface area contributed by atoms with Crippen LogP contribution in [-0.4, -0.2) is 19.6 Å². The van der Waals surface area contributed by atoms with E-state index in [-0.39, 0.29) is 4.90 Å². The van der Waals surface area contributed by atoms with Crippen LogP contribution < -0.4 is 4.57 Å². The molecule has 0 aliphatic heterocycles. The highest BCUT2D eigenvalue weighted by Gasteiger charge is 2.21. The average molecular weight is 500 g/mol. The van der Waals surface area contributed by atoms with Crippen LogP contribution in [0.15, 0.2) is 63.6 Å². The highest BCUT2D eigenvalue weighted by molar-refractivity contribution is 7.85. The molecule has 0 spiro atoms. The summed E-state index contributed by atoms with van der Waals surface area (Å²) in [7, 11) is -4.27. The lowest BCUT2D eigenvalue weighted by atomic mass is 10.1. The first-order valence-electron chi connectivity index (χ1n) is 12.0. The van der Waals surface area contributed by atoms with Crippen LogP contribution >= 0.6 is 0 Å². The minimum Gasteiger partial charge on any atom is -0.744 e. The van der Waals surface area contributed by atoms with Gasteiger partial charge in [0.15, 0.2) is 6.54 Å². The van der Waals surface area contributed by atoms with Gasteiger partial charge in [-0.15, -0.1) is 0 Å². The van der Waals surface area contributed by atoms with E-state index in [4.69, 9.17) is 9.15 Å². The minimum atomic E-state index is -4.27. The van der Waals surface area contributed by atoms with E-state index in [1.54, 1.807) is 18.4 Å². The Balaban J connectivity index is 0.000000328. The average Bonchev–Trinajstić information content (AvgIpc) is 3.13. The predicted molar refractivity (Wildman–Crippen MR) is 139 cm³/mol. The zero-order valence-electron chi connectivity index (χ0n) is 21.6. The number of benzene rings is 2. The summed E-state index contributed by atoms with van der Waals surface area (Å²) in [5.41, 5.74) is 6.71. The molecule has 0 radical (unpaired) electrons. The zero-order valence-corrected chi connectivity index (χ0v) is 22.4. The number of hydrogen-bond acceptors (Lipinski definition) is 5. The Kier molecular flexibility index (Phi) is 10.7. The van der Waals surface area contributed by atoms with E-state index in [0.29, 0.717) is 6.61 Å². The van der Waals surface area contributed by atoms with Crippen LogP contribution in [0.3, 0.4) is 0 Å². The number of hydrogen-bond donors (Lipinski definition) is 0. The van der Waals surface area contributed by atoms with Gasteiger partial charge in [0.2, 0.25) is 5.58 Å². The van der Waals surface area contributed by atoms with Crippen molar-refractivity contribution in [2.45, 2.75) is 72.2 Å². The fourth-order valence-corrected chi connectivity index (χ4v) is 3.86. The Labute approximate surface area is 209 Å². The van der Waals surface area contributed by atoms with Gasteiger partial charge < -0.3 is 13.7 Å². The molecule has 0 bridgehead atoms. The molecule has 1 heterocycles. The molecule has 190 valence electrons. The maximum Gasteiger partial charge on any atom is 0.374 e. The molecule has 0 N–H and O–H groups in total. The summed E-state index contributed by atoms with van der Waals surface area (Å²) in [4.78, 5) is -0.178. The van der Waals surface area contributed by atoms with Crippen LogP contribution in [0.25, 0.3) is 17.2 Å². The number of fused-ring (bicyclic) bond motifs is 1. The van der Waals surface area contributed by atoms with E-state index in [2.05, 4.69) is 37.5 Å². The summed E-state index contributed by atoms with van der Waals surface area (Å²) in [6, 6.07) is 10.2. The van der Waals surface area contributed by atoms with Gasteiger partial charge in [0.25, 0.3) is 5.52 Å². The summed E-state index contributed by atoms with van der Waals surface area (Å²) >= 11 is 0. The van der Waals surface area contributed by atoms with Crippen LogP contribution in [0.2, 0.25) is 0 Å². The molecule has 3 aromatic rings. The van der Waals surface area contributed by atoms with Gasteiger partial charge in [0.1, 0.15) is 10.1 Å². The van der Waals surface area contributed by atoms with Crippen molar-refractivity contribution in [3.8, 4) is 0 Å². The standard InChI is InChI=1S/C21H30NO2.C7H8O3S/c1-6-8-9-12-22-19-13-17(4)18(5)14-20(19)24-21(22)11-10-16(3)15-23-7-2;1-6-2-4-7(5-3-6)11(8,9)10/h10-11,13-15H,6-9,12H2,1-5H3;2-5H,1H3,(H,8,9,10)/q+1;/p-1. The molecule has 0 atom stereocenters. The Morgan fingerprint density at radius 3 is 2.31 bits per heavy atom. The summed E-state index contributed by atoms with van der Waals surface area (Å²) in [6.45, 7) is 14.0. The molecule has 0 aliphatic carbocycles. The molecule has 0 saturated carbocycles. The lowest BCUT2D eigenvalue weighted by molar-refractivity contribution is -0.678. The third-order valence-corrected chi connectivity index (χ3v) is 6.42. The summed E-state index contributed by atoms with van der Waals surface area (Å²) in [5, 5.41) is 0. The lowest BCUT2D eigenvalue weighted by Crippen LogP contribution is -2.35. The van der Waals surface area contributed by atoms with Crippen LogP contribution in [0.4, 0.5) is 0 Å². The molecule has 7 heteroatoms. The molecule has 2 aromatic carbocycles. The van der Waals surface area contributed by atoms with Gasteiger partial charge in [-0.25, -0.2) is 8.42 Å². The van der Waals surface area contributed by atoms with Gasteiger partial charge in [0.05, 0.1) is 23.8 Å². The van der Waals surface area contributed by atoms with Crippen LogP contribution in [0.1, 0.15) is 62.6 Å². The maximum atomic E-state index is 10.4. The van der Waals surface area contributed by atoms with E-state index >= 15 is 0 Å². The first-order valence-corrected chi connectivity index (χ1v) is 13.4. The SMILES string of the molecule is CCCCC[n+]1c(C=CC(C)=COCC)oc2cc(C)c(C)cc21.Cc1ccc(S(=O)(=O)[O-])cc1. The molecule has 0 unspecified atom stereocenters. The van der Waals surface area contributed by atoms with Crippen molar-refractivity contribution >= 4 is 27.3 Å². The summed E-state index contributed by atoms with van der Waals surface area (Å²) in [6.07, 6.45) is 9.49. The second kappa shape index (κ2) is 13.3. The highest BCUT2D eigenvalue weighted by atomic mass is 32.2. The van der Waals surface area contributed by atoms with E-state index in [1.165, 1.54) is 41.6 Å². The van der Waals surface area contributed by atoms with Gasteiger partial charge in [0, 0.05) is 12.5 Å². The quantitative estimate of drug-likeness (QED) is 0.112. The topological polar surface area (TPSA) is 83.5 Å². The molecule has 3 rings (SSSR count). The maximum absolute atomic E-state index is 10.4. The van der Waals surface area contributed by atoms with E-state index in [9.17, 15) is 13.0 Å². The van der Waals surface area contributed by atoms with Crippen molar-refractivity contribution in [2.24, 2.45) is 0 Å². The summed E-state index contributed by atoms with van der Waals surface area (Å²) in [5.74, 6) is 0.898. The number of aromatic nitrogens is 1. The molecule has 1 aromatic heterocycles. The normalized spacial score (nSPS) is 12.1. The van der Waals surface area contributed by atoms with Crippen molar-refractivity contribution in [1.82, 2.24) is 0 Å². The van der Waals surface area contributed by atoms with E-state index in [1.807, 2.05) is 32.9 Å². The smallest absolute Gasteiger partial charge is 0.374 e. The highest BCUT2D eigenvalue weighted by Crippen LogP contribution is 2.20. The predicted octanol–water partition coefficient (Wildman–Crippen LogP) is 6.38. The number of unbranched alkanes of at least 4 members (excludes halogenated alkanes) is 2. The van der Waals surface area contributed by atoms with Gasteiger partial charge in [-0.2, -0.15) is 4.57 Å². The molecule has 35 heavy (non-hydrogen) atoms. The summed E-state index contributed by atoms with van der Waals surface area (Å²) < 4.78 is 44.9. The minimum absolute atomic E-state index is 0.178. The van der Waals surface area contributed by atoms with Crippen LogP contribution in [0, 0.1) is 20.8 Å². The van der Waals surface area contributed by atoms with Crippen molar-refractivity contribution in [2.75, 3.05) is 6.61 Å². The number of allylic oxidation sites excluding steroid dienone is 2. The second-order valence-corrected chi connectivity index (χ2v) is 10.0. The Bertz CT molecular complexity index is 1270. The van der Waals surface area contributed by atoms with Crippen molar-refractivity contribution < 1.29 is 26.7 Å². The fourth-order valence-electron chi connectivity index (χ4n) is 3.39. The number of nitrogens with zero attached hydrogens (tertiary/aromatic N) is 1. The molecule has 0 aliphatic rings. The number of oxazole rings is 1.